The molecule has 0 saturated carbocycles. The standard InChI is InChI=1S/C16H21N3O2S/c1-18(16(21)15(20)8-11-22-2)12-13-4-6-14(7-5-13)19-10-3-9-17-19/h3-7,9-10,15,20H,8,11-12H2,1-2H3/t15-/m1/s1. The van der Waals surface area contributed by atoms with Crippen LogP contribution in [0.2, 0.25) is 0 Å². The summed E-state index contributed by atoms with van der Waals surface area (Å²) in [7, 11) is 1.71. The molecule has 1 N–H and O–H groups in total. The van der Waals surface area contributed by atoms with Gasteiger partial charge in [-0.25, -0.2) is 4.68 Å². The van der Waals surface area contributed by atoms with Crippen molar-refractivity contribution >= 4 is 17.7 Å². The van der Waals surface area contributed by atoms with Crippen LogP contribution in [-0.2, 0) is 11.3 Å². The maximum Gasteiger partial charge on any atom is 0.251 e. The summed E-state index contributed by atoms with van der Waals surface area (Å²) in [4.78, 5) is 13.6. The van der Waals surface area contributed by atoms with E-state index in [1.807, 2.05) is 42.8 Å². The number of hydrogen-bond donors (Lipinski definition) is 1. The zero-order chi connectivity index (χ0) is 15.9. The monoisotopic (exact) mass is 319 g/mol. The van der Waals surface area contributed by atoms with Gasteiger partial charge in [0.2, 0.25) is 0 Å². The Labute approximate surface area is 134 Å². The molecule has 0 saturated heterocycles. The lowest BCUT2D eigenvalue weighted by Gasteiger charge is -2.20. The summed E-state index contributed by atoms with van der Waals surface area (Å²) in [5.74, 6) is 0.546. The first-order valence-corrected chi connectivity index (χ1v) is 8.52. The second kappa shape index (κ2) is 8.00. The van der Waals surface area contributed by atoms with Gasteiger partial charge in [-0.1, -0.05) is 12.1 Å². The number of likely N-dealkylation sites (N-methyl/N-ethyl adjacent to an activating group) is 1. The van der Waals surface area contributed by atoms with E-state index in [4.69, 9.17) is 0 Å². The topological polar surface area (TPSA) is 58.4 Å². The van der Waals surface area contributed by atoms with Crippen LogP contribution in [-0.4, -0.2) is 50.9 Å². The van der Waals surface area contributed by atoms with Crippen LogP contribution in [0.25, 0.3) is 5.69 Å². The Hall–Kier alpha value is -1.79. The Morgan fingerprint density at radius 3 is 2.73 bits per heavy atom. The van der Waals surface area contributed by atoms with Crippen molar-refractivity contribution in [1.29, 1.82) is 0 Å². The second-order valence-corrected chi connectivity index (χ2v) is 6.09. The Morgan fingerprint density at radius 2 is 2.14 bits per heavy atom. The third-order valence-electron chi connectivity index (χ3n) is 3.38. The van der Waals surface area contributed by atoms with Crippen LogP contribution < -0.4 is 0 Å². The summed E-state index contributed by atoms with van der Waals surface area (Å²) < 4.78 is 1.78. The summed E-state index contributed by atoms with van der Waals surface area (Å²) in [5.41, 5.74) is 1.99. The van der Waals surface area contributed by atoms with E-state index in [0.29, 0.717) is 13.0 Å². The van der Waals surface area contributed by atoms with Crippen molar-refractivity contribution in [2.75, 3.05) is 19.1 Å². The molecular formula is C16H21N3O2S. The lowest BCUT2D eigenvalue weighted by molar-refractivity contribution is -0.139. The molecule has 0 fully saturated rings. The van der Waals surface area contributed by atoms with Crippen LogP contribution in [0, 0.1) is 0 Å². The maximum absolute atomic E-state index is 12.1. The maximum atomic E-state index is 12.1. The highest BCUT2D eigenvalue weighted by Crippen LogP contribution is 2.11. The van der Waals surface area contributed by atoms with Crippen LogP contribution in [0.3, 0.4) is 0 Å². The molecule has 0 aliphatic heterocycles. The van der Waals surface area contributed by atoms with Crippen molar-refractivity contribution in [3.8, 4) is 5.69 Å². The molecule has 1 amide bonds. The molecule has 1 aromatic heterocycles. The van der Waals surface area contributed by atoms with Gasteiger partial charge in [0, 0.05) is 26.0 Å². The molecule has 1 atom stereocenters. The number of nitrogens with zero attached hydrogens (tertiary/aromatic N) is 3. The van der Waals surface area contributed by atoms with Gasteiger partial charge in [0.05, 0.1) is 5.69 Å². The number of carbonyl (C=O) groups is 1. The van der Waals surface area contributed by atoms with Crippen LogP contribution in [0.5, 0.6) is 0 Å². The molecule has 5 nitrogen and oxygen atoms in total. The van der Waals surface area contributed by atoms with Crippen molar-refractivity contribution in [3.05, 3.63) is 48.3 Å². The highest BCUT2D eigenvalue weighted by molar-refractivity contribution is 7.98. The van der Waals surface area contributed by atoms with E-state index in [1.165, 1.54) is 0 Å². The predicted molar refractivity (Wildman–Crippen MR) is 89.0 cm³/mol. The van der Waals surface area contributed by atoms with Crippen molar-refractivity contribution in [2.45, 2.75) is 19.1 Å². The molecule has 0 aliphatic rings. The molecule has 0 spiro atoms. The van der Waals surface area contributed by atoms with Gasteiger partial charge >= 0.3 is 0 Å². The number of aliphatic hydroxyl groups is 1. The minimum Gasteiger partial charge on any atom is -0.383 e. The third kappa shape index (κ3) is 4.35. The van der Waals surface area contributed by atoms with Crippen LogP contribution in [0.15, 0.2) is 42.7 Å². The summed E-state index contributed by atoms with van der Waals surface area (Å²) in [6.45, 7) is 0.481. The summed E-state index contributed by atoms with van der Waals surface area (Å²) >= 11 is 1.62. The van der Waals surface area contributed by atoms with Gasteiger partial charge in [-0.15, -0.1) is 0 Å². The molecule has 1 aromatic carbocycles. The molecule has 0 aliphatic carbocycles. The van der Waals surface area contributed by atoms with Crippen LogP contribution in [0.4, 0.5) is 0 Å². The molecular weight excluding hydrogens is 298 g/mol. The summed E-state index contributed by atoms with van der Waals surface area (Å²) in [5, 5.41) is 14.0. The second-order valence-electron chi connectivity index (χ2n) is 5.11. The summed E-state index contributed by atoms with van der Waals surface area (Å²) in [6.07, 6.45) is 5.15. The Balaban J connectivity index is 1.94. The number of amides is 1. The summed E-state index contributed by atoms with van der Waals surface area (Å²) in [6, 6.07) is 9.73. The Kier molecular flexibility index (Phi) is 6.03. The molecule has 0 unspecified atom stereocenters. The molecule has 118 valence electrons. The van der Waals surface area contributed by atoms with E-state index in [0.717, 1.165) is 17.0 Å². The number of rotatable bonds is 7. The molecule has 2 aromatic rings. The van der Waals surface area contributed by atoms with Crippen molar-refractivity contribution < 1.29 is 9.90 Å². The van der Waals surface area contributed by atoms with Crippen molar-refractivity contribution in [3.63, 3.8) is 0 Å². The molecule has 0 bridgehead atoms. The number of aliphatic hydroxyl groups excluding tert-OH is 1. The SMILES string of the molecule is CSCC[C@@H](O)C(=O)N(C)Cc1ccc(-n2cccn2)cc1. The fraction of sp³-hybridized carbons (Fsp3) is 0.375. The minimum atomic E-state index is -0.916. The quantitative estimate of drug-likeness (QED) is 0.847. The van der Waals surface area contributed by atoms with Crippen molar-refractivity contribution in [1.82, 2.24) is 14.7 Å². The molecule has 0 radical (unpaired) electrons. The van der Waals surface area contributed by atoms with Crippen molar-refractivity contribution in [2.24, 2.45) is 0 Å². The average molecular weight is 319 g/mol. The van der Waals surface area contributed by atoms with Gasteiger partial charge in [-0.2, -0.15) is 16.9 Å². The lowest BCUT2D eigenvalue weighted by Crippen LogP contribution is -2.36. The Morgan fingerprint density at radius 1 is 1.41 bits per heavy atom. The number of benzene rings is 1. The molecule has 6 heteroatoms. The third-order valence-corrected chi connectivity index (χ3v) is 4.03. The molecule has 1 heterocycles. The predicted octanol–water partition coefficient (Wildman–Crippen LogP) is 1.94. The fourth-order valence-electron chi connectivity index (χ4n) is 2.13. The zero-order valence-corrected chi connectivity index (χ0v) is 13.7. The first-order valence-electron chi connectivity index (χ1n) is 7.12. The fourth-order valence-corrected chi connectivity index (χ4v) is 2.59. The average Bonchev–Trinajstić information content (AvgIpc) is 3.07. The van der Waals surface area contributed by atoms with Gasteiger partial charge in [0.15, 0.2) is 0 Å². The van der Waals surface area contributed by atoms with Crippen LogP contribution >= 0.6 is 11.8 Å². The number of hydrogen-bond acceptors (Lipinski definition) is 4. The largest absolute Gasteiger partial charge is 0.383 e. The van der Waals surface area contributed by atoms with Gasteiger partial charge in [0.25, 0.3) is 5.91 Å². The smallest absolute Gasteiger partial charge is 0.251 e. The van der Waals surface area contributed by atoms with Crippen LogP contribution in [0.1, 0.15) is 12.0 Å². The highest BCUT2D eigenvalue weighted by atomic mass is 32.2. The van der Waals surface area contributed by atoms with Gasteiger partial charge < -0.3 is 10.0 Å². The highest BCUT2D eigenvalue weighted by Gasteiger charge is 2.18. The lowest BCUT2D eigenvalue weighted by atomic mass is 10.1. The van der Waals surface area contributed by atoms with E-state index >= 15 is 0 Å². The number of thioether (sulfide) groups is 1. The first-order chi connectivity index (χ1) is 10.6. The van der Waals surface area contributed by atoms with E-state index in [2.05, 4.69) is 5.10 Å². The van der Waals surface area contributed by atoms with E-state index in [1.54, 1.807) is 34.6 Å². The number of aromatic nitrogens is 2. The van der Waals surface area contributed by atoms with E-state index in [-0.39, 0.29) is 5.91 Å². The van der Waals surface area contributed by atoms with Gasteiger partial charge in [0.1, 0.15) is 6.10 Å². The molecule has 2 rings (SSSR count). The minimum absolute atomic E-state index is 0.231. The zero-order valence-electron chi connectivity index (χ0n) is 12.8. The van der Waals surface area contributed by atoms with E-state index in [9.17, 15) is 9.90 Å². The normalized spacial score (nSPS) is 12.1. The Bertz CT molecular complexity index is 584. The van der Waals surface area contributed by atoms with Gasteiger partial charge in [-0.3, -0.25) is 4.79 Å². The van der Waals surface area contributed by atoms with E-state index < -0.39 is 6.10 Å². The first kappa shape index (κ1) is 16.6. The van der Waals surface area contributed by atoms with Gasteiger partial charge in [-0.05, 0) is 42.2 Å². The molecule has 22 heavy (non-hydrogen) atoms. The number of carbonyl (C=O) groups excluding carboxylic acids is 1.